The lowest BCUT2D eigenvalue weighted by Gasteiger charge is -2.60. The van der Waals surface area contributed by atoms with Crippen LogP contribution < -0.4 is 11.1 Å². The predicted octanol–water partition coefficient (Wildman–Crippen LogP) is 0.686. The molecule has 2 fully saturated rings. The number of hydrogen-bond donors (Lipinski definition) is 2. The number of nitrogens with one attached hydrogen (secondary N) is 1. The minimum absolute atomic E-state index is 0.0934. The molecule has 118 valence electrons. The molecule has 3 N–H and O–H groups in total. The van der Waals surface area contributed by atoms with E-state index < -0.39 is 9.84 Å². The first-order chi connectivity index (χ1) is 9.04. The van der Waals surface area contributed by atoms with E-state index in [1.54, 1.807) is 0 Å². The average molecular weight is 304 g/mol. The summed E-state index contributed by atoms with van der Waals surface area (Å²) in [6.07, 6.45) is 1.68. The molecule has 1 aliphatic heterocycles. The molecule has 5 nitrogen and oxygen atoms in total. The van der Waals surface area contributed by atoms with Crippen LogP contribution in [0.2, 0.25) is 0 Å². The molecule has 1 heterocycles. The van der Waals surface area contributed by atoms with Crippen molar-refractivity contribution in [2.24, 2.45) is 11.1 Å². The molecule has 0 spiro atoms. The fraction of sp³-hybridized carbons (Fsp3) is 1.00. The smallest absolute Gasteiger partial charge is 0.152 e. The van der Waals surface area contributed by atoms with Gasteiger partial charge in [0.25, 0.3) is 0 Å². The number of nitrogens with two attached hydrogens (primary N) is 1. The third kappa shape index (κ3) is 2.75. The average Bonchev–Trinajstić information content (AvgIpc) is 2.61. The zero-order chi connectivity index (χ0) is 15.2. The maximum absolute atomic E-state index is 11.6. The van der Waals surface area contributed by atoms with Crippen LogP contribution in [0.3, 0.4) is 0 Å². The molecule has 3 unspecified atom stereocenters. The maximum Gasteiger partial charge on any atom is 0.152 e. The van der Waals surface area contributed by atoms with Crippen LogP contribution in [0.4, 0.5) is 0 Å². The Labute approximate surface area is 122 Å². The zero-order valence-electron chi connectivity index (χ0n) is 13.0. The number of hydrogen-bond acceptors (Lipinski definition) is 5. The van der Waals surface area contributed by atoms with Crippen LogP contribution in [0.5, 0.6) is 0 Å². The van der Waals surface area contributed by atoms with Gasteiger partial charge in [0.2, 0.25) is 0 Å². The fourth-order valence-electron chi connectivity index (χ4n) is 3.33. The highest BCUT2D eigenvalue weighted by Crippen LogP contribution is 2.49. The van der Waals surface area contributed by atoms with E-state index >= 15 is 0 Å². The first-order valence-corrected chi connectivity index (χ1v) is 9.22. The first kappa shape index (κ1) is 16.2. The molecule has 0 amide bonds. The van der Waals surface area contributed by atoms with Crippen molar-refractivity contribution in [3.05, 3.63) is 0 Å². The van der Waals surface area contributed by atoms with Gasteiger partial charge in [0, 0.05) is 29.6 Å². The van der Waals surface area contributed by atoms with Gasteiger partial charge in [-0.2, -0.15) is 0 Å². The van der Waals surface area contributed by atoms with E-state index in [-0.39, 0.29) is 34.1 Å². The van der Waals surface area contributed by atoms with E-state index in [0.29, 0.717) is 19.6 Å². The van der Waals surface area contributed by atoms with Crippen LogP contribution in [-0.4, -0.2) is 50.3 Å². The third-order valence-corrected chi connectivity index (χ3v) is 7.24. The third-order valence-electron chi connectivity index (χ3n) is 5.34. The second-order valence-corrected chi connectivity index (χ2v) is 9.47. The normalized spacial score (nSPS) is 42.4. The molecule has 0 bridgehead atoms. The van der Waals surface area contributed by atoms with Gasteiger partial charge in [-0.25, -0.2) is 8.42 Å². The van der Waals surface area contributed by atoms with Crippen molar-refractivity contribution < 1.29 is 13.2 Å². The van der Waals surface area contributed by atoms with Crippen molar-refractivity contribution in [1.82, 2.24) is 5.32 Å². The molecule has 1 saturated heterocycles. The summed E-state index contributed by atoms with van der Waals surface area (Å²) >= 11 is 0. The van der Waals surface area contributed by atoms with Gasteiger partial charge >= 0.3 is 0 Å². The number of rotatable bonds is 5. The molecular weight excluding hydrogens is 276 g/mol. The van der Waals surface area contributed by atoms with Crippen LogP contribution >= 0.6 is 0 Å². The van der Waals surface area contributed by atoms with Gasteiger partial charge in [-0.1, -0.05) is 13.8 Å². The Balaban J connectivity index is 1.95. The molecule has 0 radical (unpaired) electrons. The highest BCUT2D eigenvalue weighted by molar-refractivity contribution is 7.91. The van der Waals surface area contributed by atoms with Crippen LogP contribution in [0.25, 0.3) is 0 Å². The molecule has 3 atom stereocenters. The summed E-state index contributed by atoms with van der Waals surface area (Å²) < 4.78 is 29.0. The summed E-state index contributed by atoms with van der Waals surface area (Å²) in [7, 11) is -2.89. The first-order valence-electron chi connectivity index (χ1n) is 7.40. The van der Waals surface area contributed by atoms with Crippen molar-refractivity contribution >= 4 is 9.84 Å². The van der Waals surface area contributed by atoms with Gasteiger partial charge < -0.3 is 15.8 Å². The largest absolute Gasteiger partial charge is 0.378 e. The molecule has 1 aliphatic carbocycles. The lowest BCUT2D eigenvalue weighted by atomic mass is 9.54. The highest BCUT2D eigenvalue weighted by Gasteiger charge is 2.58. The lowest BCUT2D eigenvalue weighted by Crippen LogP contribution is -2.74. The second kappa shape index (κ2) is 4.93. The number of ether oxygens (including phenoxy) is 1. The molecule has 0 aromatic heterocycles. The molecule has 0 aromatic carbocycles. The van der Waals surface area contributed by atoms with Gasteiger partial charge in [0.05, 0.1) is 17.6 Å². The van der Waals surface area contributed by atoms with Crippen molar-refractivity contribution in [3.63, 3.8) is 0 Å². The second-order valence-electron chi connectivity index (χ2n) is 7.28. The topological polar surface area (TPSA) is 81.4 Å². The molecule has 20 heavy (non-hydrogen) atoms. The Morgan fingerprint density at radius 2 is 2.00 bits per heavy atom. The molecular formula is C14H28N2O3S. The molecule has 6 heteroatoms. The van der Waals surface area contributed by atoms with E-state index in [1.807, 2.05) is 13.8 Å². The van der Waals surface area contributed by atoms with E-state index in [1.165, 1.54) is 0 Å². The highest BCUT2D eigenvalue weighted by atomic mass is 32.2. The van der Waals surface area contributed by atoms with Gasteiger partial charge in [-0.3, -0.25) is 0 Å². The summed E-state index contributed by atoms with van der Waals surface area (Å²) in [5.41, 5.74) is 5.75. The van der Waals surface area contributed by atoms with Crippen molar-refractivity contribution in [2.75, 3.05) is 24.7 Å². The summed E-state index contributed by atoms with van der Waals surface area (Å²) in [6, 6.07) is 0. The Morgan fingerprint density at radius 3 is 2.45 bits per heavy atom. The predicted molar refractivity (Wildman–Crippen MR) is 80.4 cm³/mol. The summed E-state index contributed by atoms with van der Waals surface area (Å²) in [4.78, 5) is 0. The molecule has 1 saturated carbocycles. The fourth-order valence-corrected chi connectivity index (χ4v) is 5.45. The van der Waals surface area contributed by atoms with Gasteiger partial charge in [-0.05, 0) is 26.7 Å². The monoisotopic (exact) mass is 304 g/mol. The minimum Gasteiger partial charge on any atom is -0.378 e. The van der Waals surface area contributed by atoms with Crippen molar-refractivity contribution in [1.29, 1.82) is 0 Å². The summed E-state index contributed by atoms with van der Waals surface area (Å²) in [5.74, 6) is 0.491. The molecule has 0 aromatic rings. The molecule has 2 aliphatic rings. The van der Waals surface area contributed by atoms with Crippen molar-refractivity contribution in [3.8, 4) is 0 Å². The zero-order valence-corrected chi connectivity index (χ0v) is 13.8. The Bertz CT molecular complexity index is 477. The van der Waals surface area contributed by atoms with E-state index in [0.717, 1.165) is 6.42 Å². The van der Waals surface area contributed by atoms with Crippen molar-refractivity contribution in [2.45, 2.75) is 57.7 Å². The standard InChI is InChI=1S/C14H28N2O3S/c1-5-19-11-8-14(15,12(11,2)3)9-16-13(4)6-7-20(17,18)10-13/h11,16H,5-10,15H2,1-4H3. The summed E-state index contributed by atoms with van der Waals surface area (Å²) in [5, 5.41) is 3.41. The van der Waals surface area contributed by atoms with Crippen LogP contribution in [0, 0.1) is 5.41 Å². The Morgan fingerprint density at radius 1 is 1.35 bits per heavy atom. The number of sulfone groups is 1. The van der Waals surface area contributed by atoms with Gasteiger partial charge in [0.1, 0.15) is 0 Å². The SMILES string of the molecule is CCOC1CC(N)(CNC2(C)CCS(=O)(=O)C2)C1(C)C. The van der Waals surface area contributed by atoms with Gasteiger partial charge in [-0.15, -0.1) is 0 Å². The van der Waals surface area contributed by atoms with Crippen LogP contribution in [0.1, 0.15) is 40.5 Å². The maximum atomic E-state index is 11.6. The Kier molecular flexibility index (Phi) is 4.00. The van der Waals surface area contributed by atoms with E-state index in [9.17, 15) is 8.42 Å². The minimum atomic E-state index is -2.89. The van der Waals surface area contributed by atoms with Gasteiger partial charge in [0.15, 0.2) is 9.84 Å². The quantitative estimate of drug-likeness (QED) is 0.781. The van der Waals surface area contributed by atoms with E-state index in [2.05, 4.69) is 19.2 Å². The lowest BCUT2D eigenvalue weighted by molar-refractivity contribution is -0.149. The van der Waals surface area contributed by atoms with Crippen LogP contribution in [-0.2, 0) is 14.6 Å². The van der Waals surface area contributed by atoms with Crippen LogP contribution in [0.15, 0.2) is 0 Å². The molecule has 2 rings (SSSR count). The Hall–Kier alpha value is -0.170. The van der Waals surface area contributed by atoms with E-state index in [4.69, 9.17) is 10.5 Å². The summed E-state index contributed by atoms with van der Waals surface area (Å²) in [6.45, 7) is 9.57.